The van der Waals surface area contributed by atoms with E-state index >= 15 is 0 Å². The number of hydrogen-bond acceptors (Lipinski definition) is 4. The summed E-state index contributed by atoms with van der Waals surface area (Å²) in [6.45, 7) is 5.06. The summed E-state index contributed by atoms with van der Waals surface area (Å²) in [5, 5.41) is 11.4. The number of carbonyl (C=O) groups excluding carboxylic acids is 1. The number of ether oxygens (including phenoxy) is 2. The second-order valence-electron chi connectivity index (χ2n) is 6.79. The molecule has 0 radical (unpaired) electrons. The van der Waals surface area contributed by atoms with E-state index < -0.39 is 17.7 Å². The van der Waals surface area contributed by atoms with Gasteiger partial charge in [-0.1, -0.05) is 30.3 Å². The van der Waals surface area contributed by atoms with E-state index in [2.05, 4.69) is 5.32 Å². The van der Waals surface area contributed by atoms with Gasteiger partial charge in [0, 0.05) is 5.69 Å². The largest absolute Gasteiger partial charge is 0.482 e. The standard InChI is InChI=1S/C20H23NO5/c1-20(2,3)26-19(24)21-17-7-5-4-6-15(17)12-14-8-10-16(11-9-14)25-13-18(22)23/h4-11H,12-13H2,1-3H3,(H,21,24)(H,22,23). The molecule has 2 N–H and O–H groups in total. The molecule has 26 heavy (non-hydrogen) atoms. The average Bonchev–Trinajstić information content (AvgIpc) is 2.54. The minimum atomic E-state index is -1.02. The van der Waals surface area contributed by atoms with Crippen LogP contribution in [0.1, 0.15) is 31.9 Å². The molecule has 2 aromatic carbocycles. The maximum absolute atomic E-state index is 12.0. The molecule has 0 unspecified atom stereocenters. The van der Waals surface area contributed by atoms with Crippen LogP contribution < -0.4 is 10.1 Å². The Morgan fingerprint density at radius 2 is 1.69 bits per heavy atom. The molecule has 2 rings (SSSR count). The van der Waals surface area contributed by atoms with Gasteiger partial charge in [-0.15, -0.1) is 0 Å². The SMILES string of the molecule is CC(C)(C)OC(=O)Nc1ccccc1Cc1ccc(OCC(=O)O)cc1. The summed E-state index contributed by atoms with van der Waals surface area (Å²) in [5.41, 5.74) is 2.07. The van der Waals surface area contributed by atoms with Crippen LogP contribution in [0.4, 0.5) is 10.5 Å². The topological polar surface area (TPSA) is 84.9 Å². The zero-order chi connectivity index (χ0) is 19.2. The number of aliphatic carboxylic acids is 1. The Balaban J connectivity index is 2.05. The summed E-state index contributed by atoms with van der Waals surface area (Å²) in [5.74, 6) is -0.521. The molecule has 0 saturated heterocycles. The fourth-order valence-corrected chi connectivity index (χ4v) is 2.28. The number of hydrogen-bond donors (Lipinski definition) is 2. The summed E-state index contributed by atoms with van der Waals surface area (Å²) in [7, 11) is 0. The van der Waals surface area contributed by atoms with Gasteiger partial charge in [0.15, 0.2) is 6.61 Å². The predicted octanol–water partition coefficient (Wildman–Crippen LogP) is 4.09. The number of carboxylic acid groups (broad SMARTS) is 1. The van der Waals surface area contributed by atoms with Crippen LogP contribution in [-0.4, -0.2) is 29.4 Å². The van der Waals surface area contributed by atoms with E-state index in [-0.39, 0.29) is 6.61 Å². The number of carbonyl (C=O) groups is 2. The highest BCUT2D eigenvalue weighted by molar-refractivity contribution is 5.86. The first-order valence-electron chi connectivity index (χ1n) is 8.24. The van der Waals surface area contributed by atoms with E-state index in [0.29, 0.717) is 17.9 Å². The van der Waals surface area contributed by atoms with E-state index in [1.807, 2.05) is 57.2 Å². The van der Waals surface area contributed by atoms with Crippen molar-refractivity contribution >= 4 is 17.7 Å². The van der Waals surface area contributed by atoms with Gasteiger partial charge >= 0.3 is 12.1 Å². The maximum Gasteiger partial charge on any atom is 0.412 e. The Bertz CT molecular complexity index is 763. The van der Waals surface area contributed by atoms with Gasteiger partial charge in [0.1, 0.15) is 11.4 Å². The molecule has 1 amide bonds. The number of carboxylic acids is 1. The highest BCUT2D eigenvalue weighted by Crippen LogP contribution is 2.21. The normalized spacial score (nSPS) is 10.9. The molecule has 0 saturated carbocycles. The zero-order valence-electron chi connectivity index (χ0n) is 15.1. The lowest BCUT2D eigenvalue weighted by Crippen LogP contribution is -2.27. The van der Waals surface area contributed by atoms with Gasteiger partial charge in [-0.3, -0.25) is 5.32 Å². The molecule has 0 heterocycles. The number of amides is 1. The van der Waals surface area contributed by atoms with Crippen LogP contribution in [0.3, 0.4) is 0 Å². The van der Waals surface area contributed by atoms with Crippen molar-refractivity contribution < 1.29 is 24.2 Å². The Morgan fingerprint density at radius 1 is 1.04 bits per heavy atom. The summed E-state index contributed by atoms with van der Waals surface area (Å²) >= 11 is 0. The van der Waals surface area contributed by atoms with E-state index in [0.717, 1.165) is 11.1 Å². The Hall–Kier alpha value is -3.02. The number of rotatable bonds is 6. The smallest absolute Gasteiger partial charge is 0.412 e. The van der Waals surface area contributed by atoms with Crippen molar-refractivity contribution in [2.24, 2.45) is 0 Å². The summed E-state index contributed by atoms with van der Waals surface area (Å²) in [4.78, 5) is 22.5. The van der Waals surface area contributed by atoms with Gasteiger partial charge in [-0.2, -0.15) is 0 Å². The van der Waals surface area contributed by atoms with Crippen LogP contribution in [0.15, 0.2) is 48.5 Å². The van der Waals surface area contributed by atoms with Crippen molar-refractivity contribution in [3.63, 3.8) is 0 Å². The van der Waals surface area contributed by atoms with Gasteiger partial charge in [0.25, 0.3) is 0 Å². The number of anilines is 1. The molecule has 6 nitrogen and oxygen atoms in total. The summed E-state index contributed by atoms with van der Waals surface area (Å²) in [6.07, 6.45) is 0.105. The molecule has 2 aromatic rings. The van der Waals surface area contributed by atoms with Crippen LogP contribution in [0, 0.1) is 0 Å². The van der Waals surface area contributed by atoms with E-state index in [1.54, 1.807) is 12.1 Å². The zero-order valence-corrected chi connectivity index (χ0v) is 15.1. The van der Waals surface area contributed by atoms with Gasteiger partial charge in [-0.05, 0) is 56.5 Å². The highest BCUT2D eigenvalue weighted by atomic mass is 16.6. The monoisotopic (exact) mass is 357 g/mol. The minimum absolute atomic E-state index is 0.373. The highest BCUT2D eigenvalue weighted by Gasteiger charge is 2.17. The van der Waals surface area contributed by atoms with Gasteiger partial charge in [0.05, 0.1) is 0 Å². The average molecular weight is 357 g/mol. The Morgan fingerprint density at radius 3 is 2.31 bits per heavy atom. The van der Waals surface area contributed by atoms with Crippen LogP contribution >= 0.6 is 0 Å². The van der Waals surface area contributed by atoms with Crippen molar-refractivity contribution in [2.75, 3.05) is 11.9 Å². The van der Waals surface area contributed by atoms with Gasteiger partial charge < -0.3 is 14.6 Å². The lowest BCUT2D eigenvalue weighted by atomic mass is 10.0. The van der Waals surface area contributed by atoms with Crippen molar-refractivity contribution in [2.45, 2.75) is 32.8 Å². The molecule has 138 valence electrons. The van der Waals surface area contributed by atoms with Gasteiger partial charge in [-0.25, -0.2) is 9.59 Å². The van der Waals surface area contributed by atoms with Crippen LogP contribution in [0.5, 0.6) is 5.75 Å². The number of para-hydroxylation sites is 1. The molecule has 0 atom stereocenters. The number of nitrogens with one attached hydrogen (secondary N) is 1. The Labute approximate surface area is 152 Å². The van der Waals surface area contributed by atoms with Gasteiger partial charge in [0.2, 0.25) is 0 Å². The first-order chi connectivity index (χ1) is 12.2. The predicted molar refractivity (Wildman–Crippen MR) is 98.7 cm³/mol. The van der Waals surface area contributed by atoms with Crippen molar-refractivity contribution in [3.05, 3.63) is 59.7 Å². The third kappa shape index (κ3) is 6.47. The molecular formula is C20H23NO5. The van der Waals surface area contributed by atoms with E-state index in [4.69, 9.17) is 14.6 Å². The maximum atomic E-state index is 12.0. The van der Waals surface area contributed by atoms with Crippen LogP contribution in [0.25, 0.3) is 0 Å². The third-order valence-corrected chi connectivity index (χ3v) is 3.33. The lowest BCUT2D eigenvalue weighted by Gasteiger charge is -2.20. The van der Waals surface area contributed by atoms with E-state index in [9.17, 15) is 9.59 Å². The molecule has 0 bridgehead atoms. The van der Waals surface area contributed by atoms with Crippen LogP contribution in [-0.2, 0) is 16.0 Å². The van der Waals surface area contributed by atoms with Crippen molar-refractivity contribution in [3.8, 4) is 5.75 Å². The first-order valence-corrected chi connectivity index (χ1v) is 8.24. The quantitative estimate of drug-likeness (QED) is 0.813. The molecule has 6 heteroatoms. The second kappa shape index (κ2) is 8.38. The second-order valence-corrected chi connectivity index (χ2v) is 6.79. The van der Waals surface area contributed by atoms with Crippen LogP contribution in [0.2, 0.25) is 0 Å². The molecule has 0 fully saturated rings. The fraction of sp³-hybridized carbons (Fsp3) is 0.300. The molecule has 0 aliphatic rings. The molecular weight excluding hydrogens is 334 g/mol. The molecule has 0 spiro atoms. The third-order valence-electron chi connectivity index (χ3n) is 3.33. The first kappa shape index (κ1) is 19.3. The van der Waals surface area contributed by atoms with Crippen molar-refractivity contribution in [1.29, 1.82) is 0 Å². The summed E-state index contributed by atoms with van der Waals surface area (Å²) in [6, 6.07) is 14.7. The van der Waals surface area contributed by atoms with Crippen molar-refractivity contribution in [1.82, 2.24) is 0 Å². The molecule has 0 aliphatic carbocycles. The summed E-state index contributed by atoms with van der Waals surface area (Å²) < 4.78 is 10.4. The number of benzene rings is 2. The van der Waals surface area contributed by atoms with E-state index in [1.165, 1.54) is 0 Å². The molecule has 0 aromatic heterocycles. The Kier molecular flexibility index (Phi) is 6.22. The lowest BCUT2D eigenvalue weighted by molar-refractivity contribution is -0.139. The fourth-order valence-electron chi connectivity index (χ4n) is 2.28. The molecule has 0 aliphatic heterocycles. The minimum Gasteiger partial charge on any atom is -0.482 e.